The van der Waals surface area contributed by atoms with Crippen LogP contribution in [-0.4, -0.2) is 54.5 Å². The second kappa shape index (κ2) is 7.80. The van der Waals surface area contributed by atoms with E-state index in [0.717, 1.165) is 12.1 Å². The molecule has 1 N–H and O–H groups in total. The fourth-order valence-corrected chi connectivity index (χ4v) is 2.61. The van der Waals surface area contributed by atoms with E-state index in [-0.39, 0.29) is 17.0 Å². The van der Waals surface area contributed by atoms with Crippen LogP contribution in [0.5, 0.6) is 0 Å². The molecule has 0 saturated carbocycles. The van der Waals surface area contributed by atoms with Gasteiger partial charge >= 0.3 is 6.03 Å². The summed E-state index contributed by atoms with van der Waals surface area (Å²) in [5.74, 6) is -2.06. The zero-order valence-corrected chi connectivity index (χ0v) is 14.9. The van der Waals surface area contributed by atoms with E-state index in [1.54, 1.807) is 4.90 Å². The third-order valence-corrected chi connectivity index (χ3v) is 4.00. The van der Waals surface area contributed by atoms with E-state index >= 15 is 0 Å². The van der Waals surface area contributed by atoms with Gasteiger partial charge in [-0.1, -0.05) is 20.8 Å². The Hall–Kier alpha value is -2.18. The van der Waals surface area contributed by atoms with Gasteiger partial charge in [0, 0.05) is 38.8 Å². The molecule has 0 aromatic heterocycles. The van der Waals surface area contributed by atoms with E-state index in [0.29, 0.717) is 45.2 Å². The number of carbonyl (C=O) groups is 2. The van der Waals surface area contributed by atoms with Gasteiger partial charge in [0.05, 0.1) is 5.56 Å². The molecule has 5 nitrogen and oxygen atoms in total. The predicted molar refractivity (Wildman–Crippen MR) is 91.3 cm³/mol. The van der Waals surface area contributed by atoms with Crippen molar-refractivity contribution in [2.24, 2.45) is 5.41 Å². The predicted octanol–water partition coefficient (Wildman–Crippen LogP) is 2.87. The number of nitrogens with one attached hydrogen (secondary N) is 1. The molecule has 0 radical (unpaired) electrons. The van der Waals surface area contributed by atoms with Gasteiger partial charge in [0.25, 0.3) is 5.91 Å². The van der Waals surface area contributed by atoms with Crippen molar-refractivity contribution >= 4 is 11.9 Å². The smallest absolute Gasteiger partial charge is 0.317 e. The van der Waals surface area contributed by atoms with E-state index in [9.17, 15) is 18.4 Å². The summed E-state index contributed by atoms with van der Waals surface area (Å²) in [4.78, 5) is 27.9. The molecule has 0 atom stereocenters. The number of rotatable bonds is 2. The second-order valence-corrected chi connectivity index (χ2v) is 7.48. The van der Waals surface area contributed by atoms with Crippen LogP contribution in [0.25, 0.3) is 0 Å². The van der Waals surface area contributed by atoms with Crippen LogP contribution in [0, 0.1) is 17.0 Å². The van der Waals surface area contributed by atoms with Crippen molar-refractivity contribution in [1.29, 1.82) is 0 Å². The highest BCUT2D eigenvalue weighted by Gasteiger charge is 2.25. The average Bonchev–Trinajstić information content (AvgIpc) is 2.77. The quantitative estimate of drug-likeness (QED) is 0.889. The molecule has 1 fully saturated rings. The third kappa shape index (κ3) is 5.41. The summed E-state index contributed by atoms with van der Waals surface area (Å²) >= 11 is 0. The normalized spacial score (nSPS) is 15.7. The van der Waals surface area contributed by atoms with E-state index in [1.165, 1.54) is 4.90 Å². The molecule has 2 rings (SSSR count). The zero-order valence-electron chi connectivity index (χ0n) is 14.9. The number of hydrogen-bond donors (Lipinski definition) is 1. The van der Waals surface area contributed by atoms with Crippen LogP contribution in [-0.2, 0) is 0 Å². The Bertz CT molecular complexity index is 644. The third-order valence-electron chi connectivity index (χ3n) is 4.00. The number of carbonyl (C=O) groups excluding carboxylic acids is 2. The fraction of sp³-hybridized carbons (Fsp3) is 0.556. The lowest BCUT2D eigenvalue weighted by Gasteiger charge is -2.25. The molecule has 0 spiro atoms. The Kier molecular flexibility index (Phi) is 5.98. The molecule has 3 amide bonds. The standard InChI is InChI=1S/C18H25F2N3O2/c1-18(2,3)12-21-17(25)23-8-4-7-22(9-10-23)16(24)14-6-5-13(19)11-15(14)20/h5-6,11H,4,7-10,12H2,1-3H3,(H,21,25). The van der Waals surface area contributed by atoms with Gasteiger partial charge in [-0.2, -0.15) is 0 Å². The van der Waals surface area contributed by atoms with Crippen molar-refractivity contribution in [3.63, 3.8) is 0 Å². The van der Waals surface area contributed by atoms with Crippen molar-refractivity contribution in [3.05, 3.63) is 35.4 Å². The van der Waals surface area contributed by atoms with Gasteiger partial charge < -0.3 is 15.1 Å². The molecular formula is C18H25F2N3O2. The maximum Gasteiger partial charge on any atom is 0.317 e. The molecule has 1 heterocycles. The van der Waals surface area contributed by atoms with Gasteiger partial charge in [-0.25, -0.2) is 13.6 Å². The summed E-state index contributed by atoms with van der Waals surface area (Å²) in [6.07, 6.45) is 0.609. The van der Waals surface area contributed by atoms with Crippen LogP contribution in [0.4, 0.5) is 13.6 Å². The Morgan fingerprint density at radius 1 is 1.08 bits per heavy atom. The minimum atomic E-state index is -0.867. The van der Waals surface area contributed by atoms with Crippen LogP contribution in [0.2, 0.25) is 0 Å². The van der Waals surface area contributed by atoms with Gasteiger partial charge in [-0.15, -0.1) is 0 Å². The Labute approximate surface area is 147 Å². The van der Waals surface area contributed by atoms with Crippen molar-refractivity contribution in [3.8, 4) is 0 Å². The minimum absolute atomic E-state index is 0.0103. The summed E-state index contributed by atoms with van der Waals surface area (Å²) in [5, 5.41) is 2.89. The molecule has 1 aliphatic heterocycles. The van der Waals surface area contributed by atoms with E-state index in [2.05, 4.69) is 5.32 Å². The van der Waals surface area contributed by atoms with E-state index in [1.807, 2.05) is 20.8 Å². The molecule has 138 valence electrons. The SMILES string of the molecule is CC(C)(C)CNC(=O)N1CCCN(C(=O)c2ccc(F)cc2F)CC1. The molecule has 7 heteroatoms. The highest BCUT2D eigenvalue weighted by atomic mass is 19.1. The van der Waals surface area contributed by atoms with Crippen LogP contribution in [0.1, 0.15) is 37.6 Å². The molecule has 0 unspecified atom stereocenters. The topological polar surface area (TPSA) is 52.7 Å². The summed E-state index contributed by atoms with van der Waals surface area (Å²) in [7, 11) is 0. The van der Waals surface area contributed by atoms with Gasteiger partial charge in [0.1, 0.15) is 11.6 Å². The maximum atomic E-state index is 13.8. The summed E-state index contributed by atoms with van der Waals surface area (Å²) in [6.45, 7) is 8.33. The van der Waals surface area contributed by atoms with Gasteiger partial charge in [-0.3, -0.25) is 4.79 Å². The van der Waals surface area contributed by atoms with Crippen molar-refractivity contribution in [1.82, 2.24) is 15.1 Å². The first-order chi connectivity index (χ1) is 11.7. The molecule has 1 aliphatic rings. The van der Waals surface area contributed by atoms with Crippen molar-refractivity contribution in [2.75, 3.05) is 32.7 Å². The largest absolute Gasteiger partial charge is 0.337 e. The fourth-order valence-electron chi connectivity index (χ4n) is 2.61. The monoisotopic (exact) mass is 353 g/mol. The van der Waals surface area contributed by atoms with E-state index in [4.69, 9.17) is 0 Å². The molecule has 1 aromatic rings. The highest BCUT2D eigenvalue weighted by Crippen LogP contribution is 2.15. The van der Waals surface area contributed by atoms with Gasteiger partial charge in [-0.05, 0) is 24.0 Å². The molecule has 1 saturated heterocycles. The Morgan fingerprint density at radius 3 is 2.36 bits per heavy atom. The number of hydrogen-bond acceptors (Lipinski definition) is 2. The summed E-state index contributed by atoms with van der Waals surface area (Å²) in [5.41, 5.74) is -0.157. The van der Waals surface area contributed by atoms with Crippen molar-refractivity contribution < 1.29 is 18.4 Å². The average molecular weight is 353 g/mol. The molecule has 1 aromatic carbocycles. The van der Waals surface area contributed by atoms with Crippen LogP contribution in [0.3, 0.4) is 0 Å². The molecule has 25 heavy (non-hydrogen) atoms. The molecule has 0 aliphatic carbocycles. The van der Waals surface area contributed by atoms with Gasteiger partial charge in [0.15, 0.2) is 0 Å². The lowest BCUT2D eigenvalue weighted by atomic mass is 9.97. The molecule has 0 bridgehead atoms. The lowest BCUT2D eigenvalue weighted by Crippen LogP contribution is -2.44. The van der Waals surface area contributed by atoms with Crippen molar-refractivity contribution in [2.45, 2.75) is 27.2 Å². The Balaban J connectivity index is 1.96. The lowest BCUT2D eigenvalue weighted by molar-refractivity contribution is 0.0757. The first kappa shape index (κ1) is 19.1. The van der Waals surface area contributed by atoms with Crippen LogP contribution >= 0.6 is 0 Å². The van der Waals surface area contributed by atoms with Crippen LogP contribution in [0.15, 0.2) is 18.2 Å². The number of nitrogens with zero attached hydrogens (tertiary/aromatic N) is 2. The van der Waals surface area contributed by atoms with Gasteiger partial charge in [0.2, 0.25) is 0 Å². The number of benzene rings is 1. The summed E-state index contributed by atoms with van der Waals surface area (Å²) < 4.78 is 26.8. The zero-order chi connectivity index (χ0) is 18.6. The first-order valence-electron chi connectivity index (χ1n) is 8.44. The first-order valence-corrected chi connectivity index (χ1v) is 8.44. The second-order valence-electron chi connectivity index (χ2n) is 7.48. The number of halogens is 2. The van der Waals surface area contributed by atoms with E-state index < -0.39 is 17.5 Å². The number of urea groups is 1. The number of amides is 3. The minimum Gasteiger partial charge on any atom is -0.337 e. The maximum absolute atomic E-state index is 13.8. The van der Waals surface area contributed by atoms with Crippen LogP contribution < -0.4 is 5.32 Å². The highest BCUT2D eigenvalue weighted by molar-refractivity contribution is 5.94. The molecular weight excluding hydrogens is 328 g/mol. The summed E-state index contributed by atoms with van der Waals surface area (Å²) in [6, 6.07) is 2.78. The Morgan fingerprint density at radius 2 is 1.72 bits per heavy atom.